The van der Waals surface area contributed by atoms with Crippen molar-refractivity contribution in [2.75, 3.05) is 5.32 Å². The monoisotopic (exact) mass is 305 g/mol. The van der Waals surface area contributed by atoms with Crippen molar-refractivity contribution in [3.8, 4) is 0 Å². The highest BCUT2D eigenvalue weighted by Crippen LogP contribution is 2.51. The number of aryl methyl sites for hydroxylation is 2. The Hall–Kier alpha value is -1.61. The number of anilines is 1. The predicted molar refractivity (Wildman–Crippen MR) is 85.4 cm³/mol. The van der Waals surface area contributed by atoms with Gasteiger partial charge in [-0.05, 0) is 36.6 Å². The zero-order valence-electron chi connectivity index (χ0n) is 12.2. The SMILES string of the molecule is CCc1cccc(NC(c2cccc(C)c2)P(=O)(O)O)c1. The summed E-state index contributed by atoms with van der Waals surface area (Å²) >= 11 is 0. The van der Waals surface area contributed by atoms with E-state index in [2.05, 4.69) is 5.32 Å². The lowest BCUT2D eigenvalue weighted by molar-refractivity contribution is 0.363. The first-order valence-electron chi connectivity index (χ1n) is 6.87. The summed E-state index contributed by atoms with van der Waals surface area (Å²) in [4.78, 5) is 19.3. The van der Waals surface area contributed by atoms with Gasteiger partial charge in [0.25, 0.3) is 0 Å². The minimum Gasteiger partial charge on any atom is -0.368 e. The van der Waals surface area contributed by atoms with Gasteiger partial charge in [0, 0.05) is 5.69 Å². The van der Waals surface area contributed by atoms with E-state index in [1.165, 1.54) is 0 Å². The zero-order valence-corrected chi connectivity index (χ0v) is 13.0. The molecule has 4 nitrogen and oxygen atoms in total. The molecule has 0 heterocycles. The lowest BCUT2D eigenvalue weighted by Crippen LogP contribution is -2.11. The molecule has 0 bridgehead atoms. The molecule has 21 heavy (non-hydrogen) atoms. The summed E-state index contributed by atoms with van der Waals surface area (Å²) in [5.41, 5.74) is 3.39. The van der Waals surface area contributed by atoms with Gasteiger partial charge >= 0.3 is 7.60 Å². The molecule has 0 saturated heterocycles. The molecule has 112 valence electrons. The van der Waals surface area contributed by atoms with Crippen LogP contribution in [0.2, 0.25) is 0 Å². The Bertz CT molecular complexity index is 666. The fourth-order valence-corrected chi connectivity index (χ4v) is 3.11. The van der Waals surface area contributed by atoms with Crippen molar-refractivity contribution in [2.45, 2.75) is 26.1 Å². The molecule has 0 spiro atoms. The van der Waals surface area contributed by atoms with E-state index in [4.69, 9.17) is 0 Å². The van der Waals surface area contributed by atoms with Crippen LogP contribution in [0, 0.1) is 6.92 Å². The number of nitrogens with one attached hydrogen (secondary N) is 1. The lowest BCUT2D eigenvalue weighted by atomic mass is 10.1. The molecule has 1 unspecified atom stereocenters. The predicted octanol–water partition coefficient (Wildman–Crippen LogP) is 3.85. The molecule has 0 aliphatic carbocycles. The third kappa shape index (κ3) is 4.18. The molecule has 3 N–H and O–H groups in total. The fourth-order valence-electron chi connectivity index (χ4n) is 2.24. The second-order valence-corrected chi connectivity index (χ2v) is 6.80. The van der Waals surface area contributed by atoms with Crippen LogP contribution in [0.1, 0.15) is 29.4 Å². The van der Waals surface area contributed by atoms with Gasteiger partial charge in [-0.2, -0.15) is 0 Å². The summed E-state index contributed by atoms with van der Waals surface area (Å²) in [6.07, 6.45) is 0.876. The summed E-state index contributed by atoms with van der Waals surface area (Å²) in [5.74, 6) is -1.04. The van der Waals surface area contributed by atoms with E-state index in [-0.39, 0.29) is 0 Å². The second-order valence-electron chi connectivity index (χ2n) is 5.10. The van der Waals surface area contributed by atoms with E-state index in [9.17, 15) is 14.4 Å². The molecule has 1 atom stereocenters. The van der Waals surface area contributed by atoms with Crippen molar-refractivity contribution >= 4 is 13.3 Å². The van der Waals surface area contributed by atoms with E-state index in [0.29, 0.717) is 11.3 Å². The Morgan fingerprint density at radius 2 is 1.86 bits per heavy atom. The van der Waals surface area contributed by atoms with Gasteiger partial charge in [-0.25, -0.2) is 0 Å². The van der Waals surface area contributed by atoms with E-state index in [1.807, 2.05) is 44.2 Å². The van der Waals surface area contributed by atoms with Crippen LogP contribution >= 0.6 is 7.60 Å². The van der Waals surface area contributed by atoms with Gasteiger partial charge in [0.2, 0.25) is 0 Å². The minimum atomic E-state index is -4.32. The van der Waals surface area contributed by atoms with Gasteiger partial charge < -0.3 is 15.1 Å². The number of rotatable bonds is 5. The molecule has 0 aliphatic heterocycles. The summed E-state index contributed by atoms with van der Waals surface area (Å²) < 4.78 is 11.8. The summed E-state index contributed by atoms with van der Waals surface area (Å²) in [6, 6.07) is 14.8. The maximum atomic E-state index is 11.8. The van der Waals surface area contributed by atoms with Crippen molar-refractivity contribution in [2.24, 2.45) is 0 Å². The largest absolute Gasteiger partial charge is 0.368 e. The van der Waals surface area contributed by atoms with Crippen molar-refractivity contribution in [1.29, 1.82) is 0 Å². The Labute approximate surface area is 125 Å². The first-order valence-corrected chi connectivity index (χ1v) is 8.55. The van der Waals surface area contributed by atoms with Crippen LogP contribution in [-0.4, -0.2) is 9.79 Å². The second kappa shape index (κ2) is 6.44. The quantitative estimate of drug-likeness (QED) is 0.734. The van der Waals surface area contributed by atoms with Crippen molar-refractivity contribution in [3.05, 3.63) is 65.2 Å². The van der Waals surface area contributed by atoms with Crippen LogP contribution in [0.4, 0.5) is 5.69 Å². The fraction of sp³-hybridized carbons (Fsp3) is 0.250. The molecule has 5 heteroatoms. The van der Waals surface area contributed by atoms with Gasteiger partial charge in [-0.1, -0.05) is 48.9 Å². The van der Waals surface area contributed by atoms with Gasteiger partial charge in [-0.3, -0.25) is 4.57 Å². The average molecular weight is 305 g/mol. The molecule has 0 fully saturated rings. The molecule has 0 saturated carbocycles. The van der Waals surface area contributed by atoms with E-state index < -0.39 is 13.4 Å². The van der Waals surface area contributed by atoms with Crippen LogP contribution in [0.5, 0.6) is 0 Å². The van der Waals surface area contributed by atoms with Gasteiger partial charge in [0.15, 0.2) is 5.78 Å². The smallest absolute Gasteiger partial charge is 0.352 e. The molecule has 0 amide bonds. The topological polar surface area (TPSA) is 69.6 Å². The standard InChI is InChI=1S/C16H20NO3P/c1-3-13-7-5-9-15(11-13)17-16(21(18,19)20)14-8-4-6-12(2)10-14/h4-11,16-17H,3H2,1-2H3,(H2,18,19,20). The molecule has 0 aliphatic rings. The summed E-state index contributed by atoms with van der Waals surface area (Å²) in [5, 5.41) is 2.97. The molecular weight excluding hydrogens is 285 g/mol. The molecule has 2 aromatic carbocycles. The summed E-state index contributed by atoms with van der Waals surface area (Å²) in [6.45, 7) is 3.94. The Balaban J connectivity index is 2.35. The first kappa shape index (κ1) is 15.8. The van der Waals surface area contributed by atoms with Gasteiger partial charge in [-0.15, -0.1) is 0 Å². The van der Waals surface area contributed by atoms with Crippen LogP contribution in [0.3, 0.4) is 0 Å². The van der Waals surface area contributed by atoms with Gasteiger partial charge in [0.1, 0.15) is 0 Å². The van der Waals surface area contributed by atoms with E-state index in [1.54, 1.807) is 18.2 Å². The average Bonchev–Trinajstić information content (AvgIpc) is 2.44. The molecule has 0 radical (unpaired) electrons. The zero-order chi connectivity index (χ0) is 15.5. The number of hydrogen-bond acceptors (Lipinski definition) is 2. The maximum Gasteiger partial charge on any atom is 0.352 e. The first-order chi connectivity index (χ1) is 9.90. The van der Waals surface area contributed by atoms with Crippen molar-refractivity contribution in [1.82, 2.24) is 0 Å². The van der Waals surface area contributed by atoms with Crippen LogP contribution in [-0.2, 0) is 11.0 Å². The van der Waals surface area contributed by atoms with Crippen molar-refractivity contribution < 1.29 is 14.4 Å². The van der Waals surface area contributed by atoms with Gasteiger partial charge in [0.05, 0.1) is 0 Å². The normalized spacial score (nSPS) is 13.0. The molecule has 0 aromatic heterocycles. The third-order valence-corrected chi connectivity index (χ3v) is 4.43. The third-order valence-electron chi connectivity index (χ3n) is 3.33. The van der Waals surface area contributed by atoms with Crippen LogP contribution in [0.25, 0.3) is 0 Å². The van der Waals surface area contributed by atoms with Crippen LogP contribution in [0.15, 0.2) is 48.5 Å². The Kier molecular flexibility index (Phi) is 4.84. The highest BCUT2D eigenvalue weighted by Gasteiger charge is 2.30. The Morgan fingerprint density at radius 1 is 1.14 bits per heavy atom. The highest BCUT2D eigenvalue weighted by molar-refractivity contribution is 7.52. The number of hydrogen-bond donors (Lipinski definition) is 3. The van der Waals surface area contributed by atoms with Crippen molar-refractivity contribution in [3.63, 3.8) is 0 Å². The van der Waals surface area contributed by atoms with E-state index in [0.717, 1.165) is 17.5 Å². The minimum absolute atomic E-state index is 0.588. The highest BCUT2D eigenvalue weighted by atomic mass is 31.2. The maximum absolute atomic E-state index is 11.8. The van der Waals surface area contributed by atoms with E-state index >= 15 is 0 Å². The molecular formula is C16H20NO3P. The molecule has 2 aromatic rings. The lowest BCUT2D eigenvalue weighted by Gasteiger charge is -2.22. The summed E-state index contributed by atoms with van der Waals surface area (Å²) in [7, 11) is -4.32. The Morgan fingerprint density at radius 3 is 2.48 bits per heavy atom. The number of benzene rings is 2. The molecule has 2 rings (SSSR count). The van der Waals surface area contributed by atoms with Crippen LogP contribution < -0.4 is 5.32 Å².